The zero-order valence-corrected chi connectivity index (χ0v) is 15.3. The Morgan fingerprint density at radius 3 is 2.87 bits per heavy atom. The van der Waals surface area contributed by atoms with Gasteiger partial charge in [-0.2, -0.15) is 9.61 Å². The molecule has 0 unspecified atom stereocenters. The molecule has 0 bridgehead atoms. The average molecular weight is 358 g/mol. The number of nitrogens with one attached hydrogen (secondary N) is 1. The summed E-state index contributed by atoms with van der Waals surface area (Å²) in [5.74, 6) is 0. The van der Waals surface area contributed by atoms with Crippen molar-refractivity contribution in [3.63, 3.8) is 0 Å². The summed E-state index contributed by atoms with van der Waals surface area (Å²) in [5, 5.41) is 8.86. The van der Waals surface area contributed by atoms with Crippen LogP contribution in [0.15, 0.2) is 10.9 Å². The zero-order chi connectivity index (χ0) is 15.5. The molecule has 128 valence electrons. The van der Waals surface area contributed by atoms with E-state index in [-0.39, 0.29) is 18.0 Å². The second-order valence-corrected chi connectivity index (χ2v) is 6.92. The Hall–Kier alpha value is -1.02. The van der Waals surface area contributed by atoms with E-state index in [0.29, 0.717) is 11.0 Å². The molecule has 0 atom stereocenters. The standard InChI is InChI=1S/C15H23N5OS.ClH/c1-3-8-19(12-4-6-16-7-5-12)10-13-18-20-14(21)9-11(2)17-15(20)22-13;/h9,12,16H,3-8,10H2,1-2H3;1H. The molecule has 1 saturated heterocycles. The predicted molar refractivity (Wildman–Crippen MR) is 95.7 cm³/mol. The molecule has 1 fully saturated rings. The summed E-state index contributed by atoms with van der Waals surface area (Å²) >= 11 is 1.53. The highest BCUT2D eigenvalue weighted by molar-refractivity contribution is 7.16. The van der Waals surface area contributed by atoms with Gasteiger partial charge in [0, 0.05) is 17.8 Å². The van der Waals surface area contributed by atoms with Crippen LogP contribution in [-0.2, 0) is 6.54 Å². The van der Waals surface area contributed by atoms with Gasteiger partial charge in [0.2, 0.25) is 4.96 Å². The molecule has 0 aliphatic carbocycles. The molecule has 0 aromatic carbocycles. The highest BCUT2D eigenvalue weighted by Crippen LogP contribution is 2.19. The third kappa shape index (κ3) is 4.29. The number of nitrogens with zero attached hydrogens (tertiary/aromatic N) is 4. The highest BCUT2D eigenvalue weighted by Gasteiger charge is 2.22. The average Bonchev–Trinajstić information content (AvgIpc) is 2.90. The van der Waals surface area contributed by atoms with Gasteiger partial charge in [-0.05, 0) is 45.8 Å². The van der Waals surface area contributed by atoms with Crippen molar-refractivity contribution in [3.8, 4) is 0 Å². The lowest BCUT2D eigenvalue weighted by Crippen LogP contribution is -2.43. The van der Waals surface area contributed by atoms with Gasteiger partial charge in [-0.25, -0.2) is 4.98 Å². The summed E-state index contributed by atoms with van der Waals surface area (Å²) in [7, 11) is 0. The van der Waals surface area contributed by atoms with Crippen molar-refractivity contribution in [3.05, 3.63) is 27.1 Å². The molecule has 3 heterocycles. The molecule has 0 saturated carbocycles. The Balaban J connectivity index is 0.00000192. The summed E-state index contributed by atoms with van der Waals surface area (Å²) in [5.41, 5.74) is 0.665. The molecule has 2 aromatic rings. The van der Waals surface area contributed by atoms with Crippen LogP contribution in [0.25, 0.3) is 4.96 Å². The molecule has 0 amide bonds. The number of halogens is 1. The minimum absolute atomic E-state index is 0. The van der Waals surface area contributed by atoms with Crippen LogP contribution in [0.5, 0.6) is 0 Å². The number of hydrogen-bond donors (Lipinski definition) is 1. The van der Waals surface area contributed by atoms with Gasteiger partial charge in [0.25, 0.3) is 5.56 Å². The first kappa shape index (κ1) is 18.3. The van der Waals surface area contributed by atoms with Crippen molar-refractivity contribution in [1.29, 1.82) is 0 Å². The molecule has 2 aromatic heterocycles. The smallest absolute Gasteiger partial charge is 0.275 e. The van der Waals surface area contributed by atoms with Crippen molar-refractivity contribution in [1.82, 2.24) is 24.8 Å². The van der Waals surface area contributed by atoms with Crippen molar-refractivity contribution in [2.45, 2.75) is 45.7 Å². The monoisotopic (exact) mass is 357 g/mol. The van der Waals surface area contributed by atoms with Crippen LogP contribution in [-0.4, -0.2) is 45.2 Å². The van der Waals surface area contributed by atoms with Gasteiger partial charge < -0.3 is 5.32 Å². The first-order chi connectivity index (χ1) is 10.7. The summed E-state index contributed by atoms with van der Waals surface area (Å²) in [6, 6.07) is 2.15. The molecule has 1 aliphatic rings. The van der Waals surface area contributed by atoms with Crippen LogP contribution in [0.3, 0.4) is 0 Å². The van der Waals surface area contributed by atoms with Crippen LogP contribution in [0.4, 0.5) is 0 Å². The second-order valence-electron chi connectivity index (χ2n) is 5.88. The lowest BCUT2D eigenvalue weighted by Gasteiger charge is -2.33. The van der Waals surface area contributed by atoms with E-state index < -0.39 is 0 Å². The Morgan fingerprint density at radius 1 is 1.43 bits per heavy atom. The third-order valence-corrected chi connectivity index (χ3v) is 4.98. The molecular formula is C15H24ClN5OS. The van der Waals surface area contributed by atoms with Crippen LogP contribution in [0.2, 0.25) is 0 Å². The number of aryl methyl sites for hydroxylation is 1. The van der Waals surface area contributed by atoms with Gasteiger partial charge in [-0.3, -0.25) is 9.69 Å². The fourth-order valence-corrected chi connectivity index (χ4v) is 4.02. The Labute approximate surface area is 146 Å². The molecule has 1 N–H and O–H groups in total. The zero-order valence-electron chi connectivity index (χ0n) is 13.6. The van der Waals surface area contributed by atoms with E-state index in [1.165, 1.54) is 34.8 Å². The Kier molecular flexibility index (Phi) is 6.52. The number of hydrogen-bond acceptors (Lipinski definition) is 6. The second kappa shape index (κ2) is 8.19. The summed E-state index contributed by atoms with van der Waals surface area (Å²) < 4.78 is 1.43. The van der Waals surface area contributed by atoms with Gasteiger partial charge in [-0.1, -0.05) is 18.3 Å². The highest BCUT2D eigenvalue weighted by atomic mass is 35.5. The minimum Gasteiger partial charge on any atom is -0.317 e. The Morgan fingerprint density at radius 2 is 2.17 bits per heavy atom. The number of piperidine rings is 1. The van der Waals surface area contributed by atoms with E-state index in [1.54, 1.807) is 0 Å². The SMILES string of the molecule is CCCN(Cc1nn2c(=O)cc(C)nc2s1)C1CCNCC1.Cl. The molecule has 3 rings (SSSR count). The topological polar surface area (TPSA) is 62.5 Å². The maximum atomic E-state index is 12.0. The summed E-state index contributed by atoms with van der Waals surface area (Å²) in [4.78, 5) is 19.6. The fraction of sp³-hybridized carbons (Fsp3) is 0.667. The van der Waals surface area contributed by atoms with Gasteiger partial charge in [0.1, 0.15) is 5.01 Å². The van der Waals surface area contributed by atoms with Crippen LogP contribution < -0.4 is 10.9 Å². The number of rotatable bonds is 5. The largest absolute Gasteiger partial charge is 0.317 e. The fourth-order valence-electron chi connectivity index (χ4n) is 3.05. The summed E-state index contributed by atoms with van der Waals surface area (Å²) in [6.45, 7) is 8.11. The molecule has 23 heavy (non-hydrogen) atoms. The number of aromatic nitrogens is 3. The van der Waals surface area contributed by atoms with Crippen molar-refractivity contribution >= 4 is 28.7 Å². The van der Waals surface area contributed by atoms with Gasteiger partial charge >= 0.3 is 0 Å². The third-order valence-electron chi connectivity index (χ3n) is 4.09. The van der Waals surface area contributed by atoms with Gasteiger partial charge in [-0.15, -0.1) is 12.4 Å². The van der Waals surface area contributed by atoms with Crippen LogP contribution in [0, 0.1) is 6.92 Å². The maximum Gasteiger partial charge on any atom is 0.275 e. The van der Waals surface area contributed by atoms with Crippen molar-refractivity contribution in [2.24, 2.45) is 0 Å². The first-order valence-electron chi connectivity index (χ1n) is 7.98. The molecule has 0 spiro atoms. The summed E-state index contributed by atoms with van der Waals surface area (Å²) in [6.07, 6.45) is 3.50. The molecule has 8 heteroatoms. The Bertz CT molecular complexity index is 695. The van der Waals surface area contributed by atoms with Crippen molar-refractivity contribution < 1.29 is 0 Å². The molecular weight excluding hydrogens is 334 g/mol. The van der Waals surface area contributed by atoms with Gasteiger partial charge in [0.05, 0.1) is 6.54 Å². The van der Waals surface area contributed by atoms with Crippen LogP contribution >= 0.6 is 23.7 Å². The lowest BCUT2D eigenvalue weighted by molar-refractivity contribution is 0.153. The van der Waals surface area contributed by atoms with E-state index in [9.17, 15) is 4.79 Å². The number of fused-ring (bicyclic) bond motifs is 1. The van der Waals surface area contributed by atoms with Crippen LogP contribution in [0.1, 0.15) is 36.9 Å². The maximum absolute atomic E-state index is 12.0. The predicted octanol–water partition coefficient (Wildman–Crippen LogP) is 1.85. The quantitative estimate of drug-likeness (QED) is 0.884. The van der Waals surface area contributed by atoms with E-state index in [0.717, 1.165) is 43.3 Å². The molecule has 1 aliphatic heterocycles. The lowest BCUT2D eigenvalue weighted by atomic mass is 10.0. The molecule has 6 nitrogen and oxygen atoms in total. The van der Waals surface area contributed by atoms with Crippen molar-refractivity contribution in [2.75, 3.05) is 19.6 Å². The van der Waals surface area contributed by atoms with E-state index in [4.69, 9.17) is 0 Å². The molecule has 0 radical (unpaired) electrons. The first-order valence-corrected chi connectivity index (χ1v) is 8.80. The van der Waals surface area contributed by atoms with E-state index >= 15 is 0 Å². The minimum atomic E-state index is -0.0890. The van der Waals surface area contributed by atoms with E-state index in [2.05, 4.69) is 27.2 Å². The van der Waals surface area contributed by atoms with Gasteiger partial charge in [0.15, 0.2) is 0 Å². The van der Waals surface area contributed by atoms with E-state index in [1.807, 2.05) is 6.92 Å². The normalized spacial score (nSPS) is 16.0.